The first kappa shape index (κ1) is 29.8. The Morgan fingerprint density at radius 1 is 0.471 bits per heavy atom. The van der Waals surface area contributed by atoms with E-state index in [9.17, 15) is 0 Å². The molecule has 0 saturated carbocycles. The first-order chi connectivity index (χ1) is 25.2. The lowest BCUT2D eigenvalue weighted by atomic mass is 9.95. The van der Waals surface area contributed by atoms with E-state index in [1.807, 2.05) is 60.7 Å². The highest BCUT2D eigenvalue weighted by Gasteiger charge is 2.35. The summed E-state index contributed by atoms with van der Waals surface area (Å²) in [4.78, 5) is 15.1. The van der Waals surface area contributed by atoms with Crippen molar-refractivity contribution in [3.8, 4) is 45.6 Å². The number of nitrogens with zero attached hydrogens (tertiary/aromatic N) is 4. The van der Waals surface area contributed by atoms with Crippen LogP contribution in [-0.2, 0) is 0 Å². The summed E-state index contributed by atoms with van der Waals surface area (Å²) < 4.78 is 8.76. The van der Waals surface area contributed by atoms with Gasteiger partial charge in [-0.1, -0.05) is 149 Å². The Morgan fingerprint density at radius 2 is 1.08 bits per heavy atom. The molecule has 0 bridgehead atoms. The Kier molecular flexibility index (Phi) is 7.03. The van der Waals surface area contributed by atoms with Crippen LogP contribution in [0.25, 0.3) is 72.4 Å². The van der Waals surface area contributed by atoms with Crippen LogP contribution in [-0.4, -0.2) is 19.5 Å². The Labute approximate surface area is 303 Å². The van der Waals surface area contributed by atoms with Crippen LogP contribution in [0.5, 0.6) is 5.75 Å². The van der Waals surface area contributed by atoms with Crippen LogP contribution in [0, 0.1) is 0 Å². The zero-order chi connectivity index (χ0) is 33.9. The summed E-state index contributed by atoms with van der Waals surface area (Å²) in [6.45, 7) is 0. The topological polar surface area (TPSA) is 52.8 Å². The van der Waals surface area contributed by atoms with Crippen molar-refractivity contribution in [2.75, 3.05) is 0 Å². The second-order valence-corrected chi connectivity index (χ2v) is 13.8. The number of rotatable bonds is 5. The molecule has 2 aromatic heterocycles. The number of ether oxygens (including phenoxy) is 1. The minimum Gasteiger partial charge on any atom is -0.484 e. The summed E-state index contributed by atoms with van der Waals surface area (Å²) in [5, 5.41) is 4.70. The number of para-hydroxylation sites is 1. The van der Waals surface area contributed by atoms with Crippen molar-refractivity contribution < 1.29 is 4.74 Å². The second-order valence-electron chi connectivity index (χ2n) is 12.9. The largest absolute Gasteiger partial charge is 0.484 e. The van der Waals surface area contributed by atoms with E-state index in [2.05, 4.69) is 124 Å². The summed E-state index contributed by atoms with van der Waals surface area (Å²) in [5.74, 6) is 2.76. The normalized spacial score (nSPS) is 15.3. The van der Waals surface area contributed by atoms with Crippen molar-refractivity contribution >= 4 is 48.5 Å². The van der Waals surface area contributed by atoms with Gasteiger partial charge in [0.1, 0.15) is 11.9 Å². The lowest BCUT2D eigenvalue weighted by Crippen LogP contribution is -2.06. The van der Waals surface area contributed by atoms with Crippen molar-refractivity contribution in [3.63, 3.8) is 0 Å². The molecule has 0 aliphatic carbocycles. The second kappa shape index (κ2) is 12.0. The van der Waals surface area contributed by atoms with Crippen LogP contribution < -0.4 is 4.74 Å². The summed E-state index contributed by atoms with van der Waals surface area (Å²) in [7, 11) is 0. The van der Waals surface area contributed by atoms with E-state index in [0.29, 0.717) is 17.6 Å². The molecule has 9 aromatic rings. The Morgan fingerprint density at radius 3 is 1.84 bits per heavy atom. The molecule has 2 atom stereocenters. The van der Waals surface area contributed by atoms with Crippen LogP contribution in [0.1, 0.15) is 22.1 Å². The number of hydrogen-bond donors (Lipinski definition) is 0. The average molecular weight is 722 g/mol. The molecule has 6 heteroatoms. The highest BCUT2D eigenvalue weighted by Crippen LogP contribution is 2.51. The summed E-state index contributed by atoms with van der Waals surface area (Å²) in [6, 6.07) is 56.8. The van der Waals surface area contributed by atoms with Crippen molar-refractivity contribution in [1.29, 1.82) is 0 Å². The van der Waals surface area contributed by atoms with Gasteiger partial charge in [-0.25, -0.2) is 4.98 Å². The van der Waals surface area contributed by atoms with Gasteiger partial charge in [0.05, 0.1) is 15.9 Å². The van der Waals surface area contributed by atoms with Gasteiger partial charge in [0.15, 0.2) is 11.6 Å². The van der Waals surface area contributed by atoms with Gasteiger partial charge in [-0.3, -0.25) is 4.57 Å². The molecule has 0 fully saturated rings. The third kappa shape index (κ3) is 5.02. The number of halogens is 1. The van der Waals surface area contributed by atoms with Gasteiger partial charge in [-0.15, -0.1) is 0 Å². The lowest BCUT2D eigenvalue weighted by Gasteiger charge is -2.17. The number of fused-ring (bicyclic) bond motifs is 5. The summed E-state index contributed by atoms with van der Waals surface area (Å²) in [6.07, 6.45) is -0.122. The van der Waals surface area contributed by atoms with Gasteiger partial charge < -0.3 is 4.74 Å². The van der Waals surface area contributed by atoms with Crippen LogP contribution in [0.15, 0.2) is 164 Å². The van der Waals surface area contributed by atoms with Gasteiger partial charge in [0.25, 0.3) is 0 Å². The van der Waals surface area contributed by atoms with Crippen molar-refractivity contribution in [2.45, 2.75) is 10.9 Å². The monoisotopic (exact) mass is 720 g/mol. The molecule has 7 aromatic carbocycles. The maximum Gasteiger partial charge on any atom is 0.238 e. The summed E-state index contributed by atoms with van der Waals surface area (Å²) >= 11 is 4.03. The lowest BCUT2D eigenvalue weighted by molar-refractivity contribution is 0.239. The fourth-order valence-electron chi connectivity index (χ4n) is 7.40. The Balaban J connectivity index is 1.09. The highest BCUT2D eigenvalue weighted by molar-refractivity contribution is 9.09. The van der Waals surface area contributed by atoms with Crippen LogP contribution in [0.4, 0.5) is 0 Å². The molecule has 51 heavy (non-hydrogen) atoms. The Hall–Kier alpha value is -6.11. The SMILES string of the molecule is BrC1c2cc(-c3ccc4c(c3)c3ccccc3n4-c3nc(-c4ccccc4)nc(-c4ccccc4)n3)ccc2OC1c1cccc2ccccc12. The zero-order valence-corrected chi connectivity index (χ0v) is 28.9. The maximum absolute atomic E-state index is 6.60. The van der Waals surface area contributed by atoms with Gasteiger partial charge in [-0.2, -0.15) is 9.97 Å². The fraction of sp³-hybridized carbons (Fsp3) is 0.0444. The van der Waals surface area contributed by atoms with Gasteiger partial charge in [0.2, 0.25) is 5.95 Å². The third-order valence-corrected chi connectivity index (χ3v) is 10.8. The molecule has 0 saturated heterocycles. The van der Waals surface area contributed by atoms with Crippen LogP contribution in [0.3, 0.4) is 0 Å². The Bertz CT molecular complexity index is 2700. The number of benzene rings is 7. The van der Waals surface area contributed by atoms with E-state index in [0.717, 1.165) is 55.4 Å². The zero-order valence-electron chi connectivity index (χ0n) is 27.3. The quantitative estimate of drug-likeness (QED) is 0.166. The third-order valence-electron chi connectivity index (χ3n) is 9.85. The number of hydrogen-bond acceptors (Lipinski definition) is 4. The van der Waals surface area contributed by atoms with Crippen molar-refractivity contribution in [2.24, 2.45) is 0 Å². The van der Waals surface area contributed by atoms with E-state index in [4.69, 9.17) is 19.7 Å². The first-order valence-corrected chi connectivity index (χ1v) is 17.9. The van der Waals surface area contributed by atoms with Crippen molar-refractivity contribution in [1.82, 2.24) is 19.5 Å². The molecule has 1 aliphatic heterocycles. The minimum absolute atomic E-state index is 0.0189. The predicted molar refractivity (Wildman–Crippen MR) is 209 cm³/mol. The smallest absolute Gasteiger partial charge is 0.238 e. The van der Waals surface area contributed by atoms with Crippen LogP contribution in [0.2, 0.25) is 0 Å². The molecule has 0 radical (unpaired) electrons. The maximum atomic E-state index is 6.60. The number of alkyl halides is 1. The summed E-state index contributed by atoms with van der Waals surface area (Å²) in [5.41, 5.74) is 8.55. The van der Waals surface area contributed by atoms with E-state index >= 15 is 0 Å². The van der Waals surface area contributed by atoms with Crippen molar-refractivity contribution in [3.05, 3.63) is 175 Å². The van der Waals surface area contributed by atoms with E-state index in [-0.39, 0.29) is 10.9 Å². The molecule has 0 N–H and O–H groups in total. The average Bonchev–Trinajstić information content (AvgIpc) is 3.71. The molecule has 0 spiro atoms. The number of aromatic nitrogens is 4. The molecular formula is C45H29BrN4O. The molecule has 1 aliphatic rings. The van der Waals surface area contributed by atoms with Gasteiger partial charge in [-0.05, 0) is 52.2 Å². The van der Waals surface area contributed by atoms with Gasteiger partial charge >= 0.3 is 0 Å². The molecule has 5 nitrogen and oxygen atoms in total. The van der Waals surface area contributed by atoms with E-state index < -0.39 is 0 Å². The fourth-order valence-corrected chi connectivity index (χ4v) is 8.15. The standard InChI is InChI=1S/C45H29BrN4O/c46-41-37-27-32(23-25-40(37)51-42(41)35-20-11-17-28-12-7-8-18-33(28)35)31-22-24-39-36(26-31)34-19-9-10-21-38(34)50(39)45-48-43(29-13-3-1-4-14-29)47-44(49-45)30-15-5-2-6-16-30/h1-27,41-42H. The predicted octanol–water partition coefficient (Wildman–Crippen LogP) is 11.7. The molecule has 10 rings (SSSR count). The van der Waals surface area contributed by atoms with Crippen LogP contribution >= 0.6 is 15.9 Å². The highest BCUT2D eigenvalue weighted by atomic mass is 79.9. The van der Waals surface area contributed by atoms with Gasteiger partial charge in [0, 0.05) is 33.0 Å². The van der Waals surface area contributed by atoms with E-state index in [1.54, 1.807) is 0 Å². The molecule has 2 unspecified atom stereocenters. The molecule has 242 valence electrons. The molecule has 0 amide bonds. The molecular weight excluding hydrogens is 692 g/mol. The van der Waals surface area contributed by atoms with E-state index in [1.165, 1.54) is 16.3 Å². The first-order valence-electron chi connectivity index (χ1n) is 17.0. The molecule has 3 heterocycles. The minimum atomic E-state index is -0.122.